The van der Waals surface area contributed by atoms with E-state index in [4.69, 9.17) is 16.3 Å². The van der Waals surface area contributed by atoms with Crippen molar-refractivity contribution in [3.63, 3.8) is 0 Å². The van der Waals surface area contributed by atoms with Gasteiger partial charge in [-0.3, -0.25) is 0 Å². The second-order valence-electron chi connectivity index (χ2n) is 4.76. The SMILES string of the molecule is COc1cc2c(NCC(O)c3ccc(Cl)s3)ncnc2cc1F. The molecule has 23 heavy (non-hydrogen) atoms. The number of nitrogens with zero attached hydrogens (tertiary/aromatic N) is 2. The van der Waals surface area contributed by atoms with E-state index in [0.29, 0.717) is 21.1 Å². The van der Waals surface area contributed by atoms with Crippen LogP contribution >= 0.6 is 22.9 Å². The molecule has 8 heteroatoms. The van der Waals surface area contributed by atoms with Crippen LogP contribution in [-0.4, -0.2) is 28.7 Å². The molecule has 0 fully saturated rings. The number of aromatic nitrogens is 2. The molecule has 0 aliphatic carbocycles. The van der Waals surface area contributed by atoms with Gasteiger partial charge in [0.15, 0.2) is 11.6 Å². The van der Waals surface area contributed by atoms with Crippen LogP contribution in [0.5, 0.6) is 5.75 Å². The first-order valence-corrected chi connectivity index (χ1v) is 7.93. The van der Waals surface area contributed by atoms with Crippen molar-refractivity contribution in [2.45, 2.75) is 6.10 Å². The van der Waals surface area contributed by atoms with Crippen molar-refractivity contribution in [3.05, 3.63) is 45.6 Å². The van der Waals surface area contributed by atoms with E-state index >= 15 is 0 Å². The topological polar surface area (TPSA) is 67.3 Å². The van der Waals surface area contributed by atoms with Crippen LogP contribution in [-0.2, 0) is 0 Å². The fraction of sp³-hybridized carbons (Fsp3) is 0.200. The summed E-state index contributed by atoms with van der Waals surface area (Å²) in [4.78, 5) is 8.95. The molecule has 2 aromatic heterocycles. The number of fused-ring (bicyclic) bond motifs is 1. The van der Waals surface area contributed by atoms with Gasteiger partial charge >= 0.3 is 0 Å². The maximum atomic E-state index is 13.7. The third-order valence-corrected chi connectivity index (χ3v) is 4.63. The first kappa shape index (κ1) is 15.9. The summed E-state index contributed by atoms with van der Waals surface area (Å²) in [5, 5.41) is 13.8. The number of thiophene rings is 1. The van der Waals surface area contributed by atoms with Crippen LogP contribution < -0.4 is 10.1 Å². The van der Waals surface area contributed by atoms with Crippen molar-refractivity contribution in [2.24, 2.45) is 0 Å². The zero-order chi connectivity index (χ0) is 16.4. The highest BCUT2D eigenvalue weighted by Gasteiger charge is 2.13. The Morgan fingerprint density at radius 3 is 2.91 bits per heavy atom. The summed E-state index contributed by atoms with van der Waals surface area (Å²) in [5.74, 6) is 0.119. The number of halogens is 2. The molecule has 1 aromatic carbocycles. The number of anilines is 1. The fourth-order valence-corrected chi connectivity index (χ4v) is 3.20. The lowest BCUT2D eigenvalue weighted by Gasteiger charge is -2.13. The minimum absolute atomic E-state index is 0.112. The van der Waals surface area contributed by atoms with Crippen LogP contribution in [0.25, 0.3) is 10.9 Å². The number of ether oxygens (including phenoxy) is 1. The molecule has 120 valence electrons. The molecular formula is C15H13ClFN3O2S. The van der Waals surface area contributed by atoms with Crippen LogP contribution in [0.1, 0.15) is 11.0 Å². The first-order valence-electron chi connectivity index (χ1n) is 6.74. The van der Waals surface area contributed by atoms with E-state index in [1.807, 2.05) is 0 Å². The summed E-state index contributed by atoms with van der Waals surface area (Å²) in [6.07, 6.45) is 0.616. The minimum Gasteiger partial charge on any atom is -0.494 e. The van der Waals surface area contributed by atoms with Gasteiger partial charge in [-0.25, -0.2) is 14.4 Å². The zero-order valence-corrected chi connectivity index (χ0v) is 13.7. The van der Waals surface area contributed by atoms with E-state index in [9.17, 15) is 9.50 Å². The quantitative estimate of drug-likeness (QED) is 0.733. The summed E-state index contributed by atoms with van der Waals surface area (Å²) < 4.78 is 19.3. The molecule has 1 unspecified atom stereocenters. The molecule has 0 aliphatic rings. The van der Waals surface area contributed by atoms with Gasteiger partial charge in [-0.15, -0.1) is 11.3 Å². The number of benzene rings is 1. The monoisotopic (exact) mass is 353 g/mol. The van der Waals surface area contributed by atoms with Crippen molar-refractivity contribution in [2.75, 3.05) is 19.0 Å². The van der Waals surface area contributed by atoms with Crippen molar-refractivity contribution in [3.8, 4) is 5.75 Å². The highest BCUT2D eigenvalue weighted by atomic mass is 35.5. The number of rotatable bonds is 5. The summed E-state index contributed by atoms with van der Waals surface area (Å²) in [6, 6.07) is 6.33. The second-order valence-corrected chi connectivity index (χ2v) is 6.51. The van der Waals surface area contributed by atoms with Crippen molar-refractivity contribution in [1.29, 1.82) is 0 Å². The highest BCUT2D eigenvalue weighted by molar-refractivity contribution is 7.16. The van der Waals surface area contributed by atoms with Crippen LogP contribution in [0.4, 0.5) is 10.2 Å². The standard InChI is InChI=1S/C15H13ClFN3O2S/c1-22-12-4-8-10(5-9(12)17)19-7-20-15(8)18-6-11(21)13-2-3-14(16)23-13/h2-5,7,11,21H,6H2,1H3,(H,18,19,20). The molecule has 3 rings (SSSR count). The van der Waals surface area contributed by atoms with Gasteiger partial charge in [0.25, 0.3) is 0 Å². The molecule has 0 saturated carbocycles. The lowest BCUT2D eigenvalue weighted by Crippen LogP contribution is -2.12. The van der Waals surface area contributed by atoms with Crippen molar-refractivity contribution < 1.29 is 14.2 Å². The zero-order valence-electron chi connectivity index (χ0n) is 12.1. The highest BCUT2D eigenvalue weighted by Crippen LogP contribution is 2.29. The predicted molar refractivity (Wildman–Crippen MR) is 88.8 cm³/mol. The van der Waals surface area contributed by atoms with Gasteiger partial charge in [0.1, 0.15) is 18.2 Å². The Morgan fingerprint density at radius 2 is 2.22 bits per heavy atom. The van der Waals surface area contributed by atoms with E-state index < -0.39 is 11.9 Å². The molecular weight excluding hydrogens is 341 g/mol. The van der Waals surface area contributed by atoms with Crippen LogP contribution in [0.2, 0.25) is 4.34 Å². The van der Waals surface area contributed by atoms with Crippen molar-refractivity contribution in [1.82, 2.24) is 9.97 Å². The van der Waals surface area contributed by atoms with Gasteiger partial charge in [-0.05, 0) is 18.2 Å². The smallest absolute Gasteiger partial charge is 0.167 e. The molecule has 5 nitrogen and oxygen atoms in total. The predicted octanol–water partition coefficient (Wildman–Crippen LogP) is 3.64. The van der Waals surface area contributed by atoms with E-state index in [1.165, 1.54) is 36.9 Å². The molecule has 0 radical (unpaired) electrons. The van der Waals surface area contributed by atoms with E-state index in [2.05, 4.69) is 15.3 Å². The second kappa shape index (κ2) is 6.66. The van der Waals surface area contributed by atoms with Gasteiger partial charge in [-0.1, -0.05) is 11.6 Å². The number of aliphatic hydroxyl groups is 1. The number of hydrogen-bond acceptors (Lipinski definition) is 6. The van der Waals surface area contributed by atoms with Gasteiger partial charge in [0.2, 0.25) is 0 Å². The summed E-state index contributed by atoms with van der Waals surface area (Å²) in [6.45, 7) is 0.239. The Labute approximate surface area is 140 Å². The lowest BCUT2D eigenvalue weighted by atomic mass is 10.2. The Morgan fingerprint density at radius 1 is 1.39 bits per heavy atom. The Kier molecular flexibility index (Phi) is 4.61. The van der Waals surface area contributed by atoms with Crippen LogP contribution in [0, 0.1) is 5.82 Å². The normalized spacial score (nSPS) is 12.3. The molecule has 3 aromatic rings. The lowest BCUT2D eigenvalue weighted by molar-refractivity contribution is 0.195. The number of aliphatic hydroxyl groups excluding tert-OH is 1. The third kappa shape index (κ3) is 3.36. The summed E-state index contributed by atoms with van der Waals surface area (Å²) in [5.41, 5.74) is 0.453. The number of nitrogens with one attached hydrogen (secondary N) is 1. The van der Waals surface area contributed by atoms with Crippen molar-refractivity contribution >= 4 is 39.7 Å². The molecule has 0 saturated heterocycles. The molecule has 0 bridgehead atoms. The molecule has 0 aliphatic heterocycles. The number of methoxy groups -OCH3 is 1. The molecule has 0 spiro atoms. The largest absolute Gasteiger partial charge is 0.494 e. The summed E-state index contributed by atoms with van der Waals surface area (Å²) in [7, 11) is 1.39. The molecule has 2 N–H and O–H groups in total. The van der Waals surface area contributed by atoms with Gasteiger partial charge in [0, 0.05) is 22.9 Å². The van der Waals surface area contributed by atoms with E-state index in [0.717, 1.165) is 4.88 Å². The number of hydrogen-bond donors (Lipinski definition) is 2. The Balaban J connectivity index is 1.85. The van der Waals surface area contributed by atoms with E-state index in [1.54, 1.807) is 12.1 Å². The van der Waals surface area contributed by atoms with E-state index in [-0.39, 0.29) is 12.3 Å². The van der Waals surface area contributed by atoms with Crippen LogP contribution in [0.15, 0.2) is 30.6 Å². The molecule has 1 atom stereocenters. The average Bonchev–Trinajstić information content (AvgIpc) is 2.98. The van der Waals surface area contributed by atoms with Gasteiger partial charge in [-0.2, -0.15) is 0 Å². The minimum atomic E-state index is -0.722. The molecule has 0 amide bonds. The maximum absolute atomic E-state index is 13.7. The summed E-state index contributed by atoms with van der Waals surface area (Å²) >= 11 is 7.18. The van der Waals surface area contributed by atoms with Crippen LogP contribution in [0.3, 0.4) is 0 Å². The average molecular weight is 354 g/mol. The Bertz CT molecular complexity index is 843. The van der Waals surface area contributed by atoms with Gasteiger partial charge in [0.05, 0.1) is 17.0 Å². The fourth-order valence-electron chi connectivity index (χ4n) is 2.16. The van der Waals surface area contributed by atoms with Gasteiger partial charge < -0.3 is 15.2 Å². The third-order valence-electron chi connectivity index (χ3n) is 3.29. The molecule has 2 heterocycles. The first-order chi connectivity index (χ1) is 11.1. The maximum Gasteiger partial charge on any atom is 0.167 e. The Hall–Kier alpha value is -1.96.